The van der Waals surface area contributed by atoms with Crippen molar-refractivity contribution in [3.8, 4) is 0 Å². The minimum atomic E-state index is -2.13. The molecule has 0 amide bonds. The van der Waals surface area contributed by atoms with Gasteiger partial charge in [-0.05, 0) is 18.9 Å². The van der Waals surface area contributed by atoms with Gasteiger partial charge < -0.3 is 19.7 Å². The van der Waals surface area contributed by atoms with E-state index >= 15 is 0 Å². The molecule has 0 bridgehead atoms. The zero-order chi connectivity index (χ0) is 19.1. The fourth-order valence-corrected chi connectivity index (χ4v) is 3.70. The van der Waals surface area contributed by atoms with E-state index in [0.717, 1.165) is 0 Å². The molecule has 8 heteroatoms. The number of carbonyl (C=O) groups is 3. The first-order valence-electron chi connectivity index (χ1n) is 8.64. The highest BCUT2D eigenvalue weighted by molar-refractivity contribution is 5.95. The Labute approximate surface area is 151 Å². The minimum Gasteiger partial charge on any atom is -0.459 e. The quantitative estimate of drug-likeness (QED) is 0.358. The van der Waals surface area contributed by atoms with E-state index < -0.39 is 42.2 Å². The molecule has 2 saturated heterocycles. The first kappa shape index (κ1) is 18.8. The Bertz CT molecular complexity index is 698. The number of esters is 2. The van der Waals surface area contributed by atoms with E-state index in [0.29, 0.717) is 12.1 Å². The van der Waals surface area contributed by atoms with Crippen molar-refractivity contribution in [1.29, 1.82) is 0 Å². The van der Waals surface area contributed by atoms with Crippen LogP contribution < -0.4 is 0 Å². The number of ketones is 1. The lowest BCUT2D eigenvalue weighted by Crippen LogP contribution is -2.50. The molecule has 3 aliphatic rings. The Kier molecular flexibility index (Phi) is 5.01. The number of rotatable bonds is 1. The van der Waals surface area contributed by atoms with Crippen molar-refractivity contribution in [1.82, 2.24) is 4.90 Å². The van der Waals surface area contributed by atoms with Crippen molar-refractivity contribution in [3.63, 3.8) is 0 Å². The molecule has 26 heavy (non-hydrogen) atoms. The van der Waals surface area contributed by atoms with E-state index in [1.54, 1.807) is 13.8 Å². The second-order valence-corrected chi connectivity index (χ2v) is 7.02. The summed E-state index contributed by atoms with van der Waals surface area (Å²) in [5.74, 6) is -2.58. The zero-order valence-electron chi connectivity index (χ0n) is 14.8. The van der Waals surface area contributed by atoms with Gasteiger partial charge >= 0.3 is 11.9 Å². The first-order chi connectivity index (χ1) is 12.3. The van der Waals surface area contributed by atoms with E-state index in [1.165, 1.54) is 6.08 Å². The minimum absolute atomic E-state index is 0.000515. The van der Waals surface area contributed by atoms with Crippen LogP contribution in [0.15, 0.2) is 23.3 Å². The maximum absolute atomic E-state index is 12.6. The molecule has 0 aromatic carbocycles. The van der Waals surface area contributed by atoms with Crippen molar-refractivity contribution in [3.05, 3.63) is 23.3 Å². The first-order valence-corrected chi connectivity index (χ1v) is 8.64. The average Bonchev–Trinajstić information content (AvgIpc) is 3.15. The summed E-state index contributed by atoms with van der Waals surface area (Å²) in [6.45, 7) is 2.88. The number of nitrogens with zero attached hydrogens (tertiary/aromatic N) is 1. The maximum Gasteiger partial charge on any atom is 0.341 e. The summed E-state index contributed by atoms with van der Waals surface area (Å²) >= 11 is 0. The third kappa shape index (κ3) is 2.98. The zero-order valence-corrected chi connectivity index (χ0v) is 14.8. The summed E-state index contributed by atoms with van der Waals surface area (Å²) in [5, 5.41) is 20.2. The summed E-state index contributed by atoms with van der Waals surface area (Å²) in [5.41, 5.74) is -1.25. The Hall–Kier alpha value is -2.03. The van der Waals surface area contributed by atoms with Gasteiger partial charge in [-0.1, -0.05) is 19.1 Å². The van der Waals surface area contributed by atoms with Crippen LogP contribution in [-0.4, -0.2) is 76.9 Å². The van der Waals surface area contributed by atoms with Gasteiger partial charge in [-0.25, -0.2) is 9.59 Å². The Morgan fingerprint density at radius 2 is 2.12 bits per heavy atom. The summed E-state index contributed by atoms with van der Waals surface area (Å²) in [4.78, 5) is 39.1. The van der Waals surface area contributed by atoms with Crippen molar-refractivity contribution in [2.45, 2.75) is 38.0 Å². The van der Waals surface area contributed by atoms with Gasteiger partial charge in [-0.2, -0.15) is 0 Å². The molecule has 0 unspecified atom stereocenters. The van der Waals surface area contributed by atoms with Gasteiger partial charge in [0.25, 0.3) is 0 Å². The van der Waals surface area contributed by atoms with Crippen molar-refractivity contribution < 1.29 is 34.1 Å². The van der Waals surface area contributed by atoms with Crippen molar-refractivity contribution in [2.75, 3.05) is 26.3 Å². The molecule has 0 radical (unpaired) electrons. The molecule has 0 aliphatic carbocycles. The molecule has 2 N–H and O–H groups in total. The molecule has 3 aliphatic heterocycles. The number of aliphatic hydroxyl groups excluding tert-OH is 1. The van der Waals surface area contributed by atoms with Gasteiger partial charge in [-0.3, -0.25) is 9.69 Å². The van der Waals surface area contributed by atoms with Crippen LogP contribution in [0.3, 0.4) is 0 Å². The number of hydrogen-bond donors (Lipinski definition) is 2. The fourth-order valence-electron chi connectivity index (χ4n) is 3.70. The molecular formula is C18H23NO7. The lowest BCUT2D eigenvalue weighted by molar-refractivity contribution is -0.176. The van der Waals surface area contributed by atoms with Crippen LogP contribution in [0.1, 0.15) is 20.3 Å². The summed E-state index contributed by atoms with van der Waals surface area (Å²) in [6.07, 6.45) is 2.42. The van der Waals surface area contributed by atoms with Crippen LogP contribution in [0.5, 0.6) is 0 Å². The second kappa shape index (κ2) is 6.94. The van der Waals surface area contributed by atoms with E-state index in [-0.39, 0.29) is 30.9 Å². The van der Waals surface area contributed by atoms with Crippen LogP contribution in [0.2, 0.25) is 0 Å². The molecule has 0 aromatic rings. The standard InChI is InChI=1S/C18H23NO7/c1-3-11-6-10(2)18(24,9-20)17(23)25-8-12-4-5-19-7-13(21)15(14(12)19)26-16(11)22/h3-4,10,14-15,20,24H,5-9H2,1-2H3/t10-,14-,15+,18-/m1/s1. The van der Waals surface area contributed by atoms with Gasteiger partial charge in [0.15, 0.2) is 17.5 Å². The van der Waals surface area contributed by atoms with E-state index in [2.05, 4.69) is 0 Å². The molecule has 0 saturated carbocycles. The summed E-state index contributed by atoms with van der Waals surface area (Å²) in [7, 11) is 0. The van der Waals surface area contributed by atoms with Gasteiger partial charge in [-0.15, -0.1) is 0 Å². The SMILES string of the molecule is CC=C1C[C@@H](C)[C@](O)(CO)C(=O)OCC2=CCN3CC(=O)[C@H](OC1=O)[C@@H]23. The van der Waals surface area contributed by atoms with Crippen LogP contribution in [0.25, 0.3) is 0 Å². The predicted octanol–water partition coefficient (Wildman–Crippen LogP) is -0.656. The number of Topliss-reactive ketones (excluding diaryl/α,β-unsaturated/α-hetero) is 1. The third-order valence-corrected chi connectivity index (χ3v) is 5.47. The lowest BCUT2D eigenvalue weighted by Gasteiger charge is -2.32. The highest BCUT2D eigenvalue weighted by atomic mass is 16.6. The van der Waals surface area contributed by atoms with Crippen molar-refractivity contribution >= 4 is 17.7 Å². The van der Waals surface area contributed by atoms with Crippen molar-refractivity contribution in [2.24, 2.45) is 5.92 Å². The van der Waals surface area contributed by atoms with Gasteiger partial charge in [0.05, 0.1) is 19.2 Å². The topological polar surface area (TPSA) is 113 Å². The highest BCUT2D eigenvalue weighted by Crippen LogP contribution is 2.33. The lowest BCUT2D eigenvalue weighted by atomic mass is 9.84. The van der Waals surface area contributed by atoms with E-state index in [9.17, 15) is 24.6 Å². The summed E-state index contributed by atoms with van der Waals surface area (Å²) in [6, 6.07) is -0.462. The number of carbonyl (C=O) groups excluding carboxylic acids is 3. The number of hydrogen-bond acceptors (Lipinski definition) is 8. The molecule has 8 nitrogen and oxygen atoms in total. The van der Waals surface area contributed by atoms with Gasteiger partial charge in [0.1, 0.15) is 6.61 Å². The second-order valence-electron chi connectivity index (χ2n) is 7.02. The van der Waals surface area contributed by atoms with Crippen LogP contribution in [0.4, 0.5) is 0 Å². The van der Waals surface area contributed by atoms with E-state index in [1.807, 2.05) is 11.0 Å². The molecule has 4 atom stereocenters. The molecule has 3 rings (SSSR count). The molecule has 0 spiro atoms. The van der Waals surface area contributed by atoms with Crippen LogP contribution >= 0.6 is 0 Å². The third-order valence-electron chi connectivity index (χ3n) is 5.47. The van der Waals surface area contributed by atoms with Crippen LogP contribution in [0, 0.1) is 5.92 Å². The summed E-state index contributed by atoms with van der Waals surface area (Å²) < 4.78 is 10.7. The van der Waals surface area contributed by atoms with Gasteiger partial charge in [0.2, 0.25) is 0 Å². The normalized spacial score (nSPS) is 37.5. The molecule has 2 fully saturated rings. The number of cyclic esters (lactones) is 1. The Balaban J connectivity index is 1.96. The maximum atomic E-state index is 12.6. The smallest absolute Gasteiger partial charge is 0.341 e. The Morgan fingerprint density at radius 1 is 1.38 bits per heavy atom. The highest BCUT2D eigenvalue weighted by Gasteiger charge is 2.49. The van der Waals surface area contributed by atoms with Gasteiger partial charge in [0, 0.05) is 18.0 Å². The predicted molar refractivity (Wildman–Crippen MR) is 88.9 cm³/mol. The fraction of sp³-hybridized carbons (Fsp3) is 0.611. The monoisotopic (exact) mass is 365 g/mol. The number of ether oxygens (including phenoxy) is 2. The Morgan fingerprint density at radius 3 is 2.77 bits per heavy atom. The molecule has 3 heterocycles. The van der Waals surface area contributed by atoms with Crippen LogP contribution in [-0.2, 0) is 23.9 Å². The largest absolute Gasteiger partial charge is 0.459 e. The molecule has 0 aromatic heterocycles. The number of allylic oxidation sites excluding steroid dienone is 1. The number of aliphatic hydroxyl groups is 2. The molecular weight excluding hydrogens is 342 g/mol. The van der Waals surface area contributed by atoms with E-state index in [4.69, 9.17) is 9.47 Å². The molecule has 142 valence electrons. The average molecular weight is 365 g/mol.